The van der Waals surface area contributed by atoms with E-state index in [2.05, 4.69) is 0 Å². The van der Waals surface area contributed by atoms with Crippen LogP contribution in [0.25, 0.3) is 0 Å². The normalized spacial score (nSPS) is 43.7. The molecule has 4 nitrogen and oxygen atoms in total. The van der Waals surface area contributed by atoms with E-state index in [1.165, 1.54) is 4.90 Å². The van der Waals surface area contributed by atoms with Crippen LogP contribution in [0.3, 0.4) is 0 Å². The van der Waals surface area contributed by atoms with Crippen LogP contribution in [-0.4, -0.2) is 38.9 Å². The Morgan fingerprint density at radius 2 is 1.85 bits per heavy atom. The zero-order chi connectivity index (χ0) is 9.64. The van der Waals surface area contributed by atoms with Gasteiger partial charge >= 0.3 is 6.09 Å². The summed E-state index contributed by atoms with van der Waals surface area (Å²) in [4.78, 5) is 12.4. The van der Waals surface area contributed by atoms with Gasteiger partial charge in [0.25, 0.3) is 0 Å². The van der Waals surface area contributed by atoms with Gasteiger partial charge in [-0.05, 0) is 32.6 Å². The van der Waals surface area contributed by atoms with Crippen molar-refractivity contribution in [3.8, 4) is 0 Å². The molecule has 0 radical (unpaired) electrons. The van der Waals surface area contributed by atoms with E-state index in [9.17, 15) is 9.90 Å². The third-order valence-corrected chi connectivity index (χ3v) is 3.19. The summed E-state index contributed by atoms with van der Waals surface area (Å²) in [5.74, 6) is 0. The van der Waals surface area contributed by atoms with Gasteiger partial charge in [-0.25, -0.2) is 4.79 Å². The molecule has 0 aromatic rings. The van der Waals surface area contributed by atoms with Crippen molar-refractivity contribution in [1.29, 1.82) is 0 Å². The third-order valence-electron chi connectivity index (χ3n) is 3.19. The lowest BCUT2D eigenvalue weighted by molar-refractivity contribution is -0.0307. The van der Waals surface area contributed by atoms with Gasteiger partial charge in [0, 0.05) is 12.1 Å². The maximum Gasteiger partial charge on any atom is 0.407 e. The molecule has 2 aliphatic rings. The SMILES string of the molecule is C[C@@]1(O)C[C@H]2CC[C@@H](C1)N2C(=O)O. The molecular weight excluding hydrogens is 170 g/mol. The highest BCUT2D eigenvalue weighted by Crippen LogP contribution is 2.40. The fraction of sp³-hybridized carbons (Fsp3) is 0.889. The minimum Gasteiger partial charge on any atom is -0.465 e. The molecule has 1 amide bonds. The number of rotatable bonds is 0. The summed E-state index contributed by atoms with van der Waals surface area (Å²) in [6.45, 7) is 1.80. The van der Waals surface area contributed by atoms with Gasteiger partial charge < -0.3 is 15.1 Å². The van der Waals surface area contributed by atoms with Crippen LogP contribution in [0, 0.1) is 0 Å². The minimum atomic E-state index is -0.831. The lowest BCUT2D eigenvalue weighted by Crippen LogP contribution is -2.51. The Balaban J connectivity index is 2.18. The van der Waals surface area contributed by atoms with Gasteiger partial charge in [-0.3, -0.25) is 0 Å². The van der Waals surface area contributed by atoms with Crippen molar-refractivity contribution in [3.63, 3.8) is 0 Å². The average Bonchev–Trinajstić information content (AvgIpc) is 2.23. The highest BCUT2D eigenvalue weighted by molar-refractivity contribution is 5.66. The highest BCUT2D eigenvalue weighted by atomic mass is 16.4. The smallest absolute Gasteiger partial charge is 0.407 e. The van der Waals surface area contributed by atoms with Gasteiger partial charge in [0.2, 0.25) is 0 Å². The quantitative estimate of drug-likeness (QED) is 0.592. The molecule has 2 fully saturated rings. The average molecular weight is 185 g/mol. The number of fused-ring (bicyclic) bond motifs is 2. The highest BCUT2D eigenvalue weighted by Gasteiger charge is 2.47. The molecule has 2 bridgehead atoms. The first kappa shape index (κ1) is 8.81. The predicted molar refractivity (Wildman–Crippen MR) is 46.5 cm³/mol. The van der Waals surface area contributed by atoms with Crippen LogP contribution in [0.1, 0.15) is 32.6 Å². The molecule has 0 aromatic carbocycles. The maximum atomic E-state index is 10.9. The van der Waals surface area contributed by atoms with Crippen molar-refractivity contribution >= 4 is 6.09 Å². The van der Waals surface area contributed by atoms with Crippen molar-refractivity contribution in [2.24, 2.45) is 0 Å². The lowest BCUT2D eigenvalue weighted by Gasteiger charge is -2.40. The Morgan fingerprint density at radius 3 is 2.23 bits per heavy atom. The van der Waals surface area contributed by atoms with Gasteiger partial charge in [0.05, 0.1) is 5.60 Å². The molecule has 0 aliphatic carbocycles. The number of hydrogen-bond donors (Lipinski definition) is 2. The van der Waals surface area contributed by atoms with E-state index in [0.717, 1.165) is 12.8 Å². The Hall–Kier alpha value is -0.770. The van der Waals surface area contributed by atoms with E-state index >= 15 is 0 Å². The summed E-state index contributed by atoms with van der Waals surface area (Å²) in [6.07, 6.45) is 2.18. The zero-order valence-electron chi connectivity index (χ0n) is 7.73. The second-order valence-corrected chi connectivity index (χ2v) is 4.48. The van der Waals surface area contributed by atoms with E-state index in [1.54, 1.807) is 6.92 Å². The van der Waals surface area contributed by atoms with E-state index < -0.39 is 11.7 Å². The molecule has 0 aromatic heterocycles. The van der Waals surface area contributed by atoms with Crippen LogP contribution in [0.4, 0.5) is 4.79 Å². The summed E-state index contributed by atoms with van der Waals surface area (Å²) >= 11 is 0. The van der Waals surface area contributed by atoms with Crippen molar-refractivity contribution in [2.45, 2.75) is 50.3 Å². The Bertz CT molecular complexity index is 223. The molecule has 0 saturated carbocycles. The van der Waals surface area contributed by atoms with Gasteiger partial charge in [0.15, 0.2) is 0 Å². The largest absolute Gasteiger partial charge is 0.465 e. The van der Waals surface area contributed by atoms with Crippen molar-refractivity contribution in [2.75, 3.05) is 0 Å². The molecule has 3 atom stereocenters. The van der Waals surface area contributed by atoms with Crippen LogP contribution < -0.4 is 0 Å². The number of carbonyl (C=O) groups is 1. The van der Waals surface area contributed by atoms with Crippen LogP contribution in [0.5, 0.6) is 0 Å². The van der Waals surface area contributed by atoms with E-state index in [0.29, 0.717) is 12.8 Å². The number of amides is 1. The molecule has 13 heavy (non-hydrogen) atoms. The molecule has 2 saturated heterocycles. The Kier molecular flexibility index (Phi) is 1.77. The summed E-state index contributed by atoms with van der Waals surface area (Å²) in [6, 6.07) is 0.0949. The molecule has 2 heterocycles. The fourth-order valence-electron chi connectivity index (χ4n) is 2.77. The molecule has 0 spiro atoms. The molecular formula is C9H15NO3. The van der Waals surface area contributed by atoms with Crippen molar-refractivity contribution < 1.29 is 15.0 Å². The first-order valence-corrected chi connectivity index (χ1v) is 4.73. The number of piperidine rings is 1. The van der Waals surface area contributed by atoms with Gasteiger partial charge in [-0.1, -0.05) is 0 Å². The van der Waals surface area contributed by atoms with Crippen LogP contribution in [-0.2, 0) is 0 Å². The Morgan fingerprint density at radius 1 is 1.38 bits per heavy atom. The second kappa shape index (κ2) is 2.61. The van der Waals surface area contributed by atoms with Crippen LogP contribution in [0.2, 0.25) is 0 Å². The number of nitrogens with zero attached hydrogens (tertiary/aromatic N) is 1. The van der Waals surface area contributed by atoms with E-state index in [4.69, 9.17) is 5.11 Å². The lowest BCUT2D eigenvalue weighted by atomic mass is 9.88. The van der Waals surface area contributed by atoms with E-state index in [-0.39, 0.29) is 12.1 Å². The monoisotopic (exact) mass is 185 g/mol. The first-order chi connectivity index (χ1) is 5.99. The summed E-state index contributed by atoms with van der Waals surface area (Å²) in [5.41, 5.74) is -0.655. The number of hydrogen-bond acceptors (Lipinski definition) is 2. The molecule has 4 heteroatoms. The number of carboxylic acid groups (broad SMARTS) is 1. The van der Waals surface area contributed by atoms with Crippen LogP contribution >= 0.6 is 0 Å². The number of aliphatic hydroxyl groups is 1. The molecule has 74 valence electrons. The van der Waals surface area contributed by atoms with E-state index in [1.807, 2.05) is 0 Å². The summed E-state index contributed by atoms with van der Waals surface area (Å²) in [7, 11) is 0. The van der Waals surface area contributed by atoms with Gasteiger partial charge in [-0.15, -0.1) is 0 Å². The molecule has 2 N–H and O–H groups in total. The van der Waals surface area contributed by atoms with Crippen LogP contribution in [0.15, 0.2) is 0 Å². The Labute approximate surface area is 77.2 Å². The van der Waals surface area contributed by atoms with Crippen molar-refractivity contribution in [1.82, 2.24) is 4.90 Å². The minimum absolute atomic E-state index is 0.0475. The predicted octanol–water partition coefficient (Wildman–Crippen LogP) is 1.04. The summed E-state index contributed by atoms with van der Waals surface area (Å²) < 4.78 is 0. The second-order valence-electron chi connectivity index (χ2n) is 4.48. The third kappa shape index (κ3) is 1.39. The van der Waals surface area contributed by atoms with Gasteiger partial charge in [-0.2, -0.15) is 0 Å². The molecule has 2 rings (SSSR count). The maximum absolute atomic E-state index is 10.9. The first-order valence-electron chi connectivity index (χ1n) is 4.73. The standard InChI is InChI=1S/C9H15NO3/c1-9(13)4-6-2-3-7(5-9)10(6)8(11)12/h6-7,13H,2-5H2,1H3,(H,11,12)/t6-,7+,9-. The topological polar surface area (TPSA) is 60.8 Å². The fourth-order valence-corrected chi connectivity index (χ4v) is 2.77. The van der Waals surface area contributed by atoms with Crippen molar-refractivity contribution in [3.05, 3.63) is 0 Å². The molecule has 0 unspecified atom stereocenters. The summed E-state index contributed by atoms with van der Waals surface area (Å²) in [5, 5.41) is 18.8. The van der Waals surface area contributed by atoms with Gasteiger partial charge in [0.1, 0.15) is 0 Å². The molecule has 2 aliphatic heterocycles. The zero-order valence-corrected chi connectivity index (χ0v) is 7.73.